The highest BCUT2D eigenvalue weighted by Crippen LogP contribution is 2.34. The van der Waals surface area contributed by atoms with Crippen LogP contribution in [0.5, 0.6) is 0 Å². The smallest absolute Gasteiger partial charge is 0.449 e. The van der Waals surface area contributed by atoms with E-state index in [2.05, 4.69) is 36.9 Å². The van der Waals surface area contributed by atoms with Gasteiger partial charge in [-0.1, -0.05) is 24.3 Å². The standard InChI is InChI=1S/C20H24N4O6S/c25-17-8-14(7-13(17)10-30-31(28,29)20(26)27)23-18-9-19(22-11-21-18)24-16-6-5-12-3-1-2-4-15(12)16/h1-4,9,11,13-14,16-17,25H,5-8,10H2,(H,26,27)(H2,21,22,23,24)/t13-,14-,16+,17+/m1/s1. The molecule has 0 bridgehead atoms. The summed E-state index contributed by atoms with van der Waals surface area (Å²) in [6, 6.07) is 10.1. The molecule has 0 unspecified atom stereocenters. The number of nitrogens with zero attached hydrogens (tertiary/aromatic N) is 2. The van der Waals surface area contributed by atoms with Gasteiger partial charge in [0.1, 0.15) is 18.0 Å². The Morgan fingerprint density at radius 1 is 1.16 bits per heavy atom. The Morgan fingerprint density at radius 2 is 1.90 bits per heavy atom. The second-order valence-electron chi connectivity index (χ2n) is 7.87. The van der Waals surface area contributed by atoms with E-state index in [9.17, 15) is 18.3 Å². The first kappa shape index (κ1) is 21.5. The third kappa shape index (κ3) is 4.94. The lowest BCUT2D eigenvalue weighted by molar-refractivity contribution is 0.100. The molecule has 166 valence electrons. The van der Waals surface area contributed by atoms with Gasteiger partial charge in [0, 0.05) is 18.0 Å². The van der Waals surface area contributed by atoms with Crippen LogP contribution in [0.15, 0.2) is 36.7 Å². The van der Waals surface area contributed by atoms with E-state index >= 15 is 0 Å². The van der Waals surface area contributed by atoms with Crippen molar-refractivity contribution in [2.75, 3.05) is 17.2 Å². The number of benzene rings is 1. The number of aromatic nitrogens is 2. The minimum absolute atomic E-state index is 0.161. The van der Waals surface area contributed by atoms with Crippen LogP contribution in [0.4, 0.5) is 16.4 Å². The molecule has 4 atom stereocenters. The molecule has 1 heterocycles. The van der Waals surface area contributed by atoms with Gasteiger partial charge in [-0.15, -0.1) is 0 Å². The molecule has 1 fully saturated rings. The Bertz CT molecular complexity index is 1060. The third-order valence-electron chi connectivity index (χ3n) is 5.78. The van der Waals surface area contributed by atoms with Gasteiger partial charge < -0.3 is 20.8 Å². The number of nitrogens with one attached hydrogen (secondary N) is 2. The number of fused-ring (bicyclic) bond motifs is 1. The number of carbonyl (C=O) groups is 1. The minimum atomic E-state index is -4.67. The lowest BCUT2D eigenvalue weighted by Crippen LogP contribution is -2.24. The van der Waals surface area contributed by atoms with Crippen molar-refractivity contribution in [1.29, 1.82) is 0 Å². The van der Waals surface area contributed by atoms with Crippen molar-refractivity contribution in [3.8, 4) is 0 Å². The SMILES string of the molecule is O=C(O)S(=O)(=O)OC[C@H]1C[C@@H](Nc2cc(N[C@H]3CCc4ccccc43)ncn2)C[C@@H]1O. The molecule has 0 radical (unpaired) electrons. The summed E-state index contributed by atoms with van der Waals surface area (Å²) in [6.07, 6.45) is 3.43. The Kier molecular flexibility index (Phi) is 6.08. The lowest BCUT2D eigenvalue weighted by Gasteiger charge is -2.17. The summed E-state index contributed by atoms with van der Waals surface area (Å²) in [6.45, 7) is -0.383. The molecule has 31 heavy (non-hydrogen) atoms. The van der Waals surface area contributed by atoms with Crippen LogP contribution in [0, 0.1) is 5.92 Å². The van der Waals surface area contributed by atoms with E-state index in [0.29, 0.717) is 24.5 Å². The number of hydrogen-bond donors (Lipinski definition) is 4. The van der Waals surface area contributed by atoms with Crippen LogP contribution in [0.3, 0.4) is 0 Å². The van der Waals surface area contributed by atoms with Gasteiger partial charge in [0.2, 0.25) is 0 Å². The van der Waals surface area contributed by atoms with Crippen LogP contribution in [0.2, 0.25) is 0 Å². The maximum Gasteiger partial charge on any atom is 0.449 e. The van der Waals surface area contributed by atoms with Gasteiger partial charge in [-0.2, -0.15) is 8.42 Å². The van der Waals surface area contributed by atoms with Crippen molar-refractivity contribution >= 4 is 27.1 Å². The molecule has 4 N–H and O–H groups in total. The van der Waals surface area contributed by atoms with E-state index in [1.807, 2.05) is 12.1 Å². The fourth-order valence-corrected chi connectivity index (χ4v) is 4.69. The summed E-state index contributed by atoms with van der Waals surface area (Å²) in [5.74, 6) is 0.770. The second-order valence-corrected chi connectivity index (χ2v) is 9.36. The maximum absolute atomic E-state index is 11.3. The summed E-state index contributed by atoms with van der Waals surface area (Å²) >= 11 is 0. The average molecular weight is 449 g/mol. The second kappa shape index (κ2) is 8.77. The van der Waals surface area contributed by atoms with E-state index in [4.69, 9.17) is 5.11 Å². The van der Waals surface area contributed by atoms with Gasteiger partial charge in [0.05, 0.1) is 18.8 Å². The predicted octanol–water partition coefficient (Wildman–Crippen LogP) is 2.15. The minimum Gasteiger partial charge on any atom is -0.468 e. The van der Waals surface area contributed by atoms with Crippen molar-refractivity contribution in [1.82, 2.24) is 9.97 Å². The van der Waals surface area contributed by atoms with Crippen LogP contribution >= 0.6 is 0 Å². The average Bonchev–Trinajstić information content (AvgIpc) is 3.30. The van der Waals surface area contributed by atoms with Gasteiger partial charge in [-0.05, 0) is 36.8 Å². The highest BCUT2D eigenvalue weighted by molar-refractivity contribution is 8.01. The molecule has 1 saturated carbocycles. The molecule has 11 heteroatoms. The summed E-state index contributed by atoms with van der Waals surface area (Å²) in [4.78, 5) is 19.2. The first-order valence-electron chi connectivity index (χ1n) is 10.0. The molecule has 2 aliphatic carbocycles. The molecule has 2 aliphatic rings. The number of carboxylic acid groups (broad SMARTS) is 1. The van der Waals surface area contributed by atoms with E-state index in [1.54, 1.807) is 6.07 Å². The zero-order valence-electron chi connectivity index (χ0n) is 16.6. The Hall–Kier alpha value is -2.76. The Labute approximate surface area is 179 Å². The Balaban J connectivity index is 1.35. The monoisotopic (exact) mass is 448 g/mol. The maximum atomic E-state index is 11.3. The van der Waals surface area contributed by atoms with Crippen LogP contribution in [-0.2, 0) is 20.7 Å². The molecule has 4 rings (SSSR count). The summed E-state index contributed by atoms with van der Waals surface area (Å²) in [7, 11) is -4.67. The van der Waals surface area contributed by atoms with Crippen molar-refractivity contribution in [3.05, 3.63) is 47.8 Å². The fraction of sp³-hybridized carbons (Fsp3) is 0.450. The zero-order valence-corrected chi connectivity index (χ0v) is 17.5. The number of hydrogen-bond acceptors (Lipinski definition) is 9. The predicted molar refractivity (Wildman–Crippen MR) is 112 cm³/mol. The molecule has 2 aromatic rings. The van der Waals surface area contributed by atoms with Crippen LogP contribution < -0.4 is 10.6 Å². The molecule has 1 aromatic carbocycles. The molecular weight excluding hydrogens is 424 g/mol. The summed E-state index contributed by atoms with van der Waals surface area (Å²) in [5.41, 5.74) is 2.61. The van der Waals surface area contributed by atoms with Gasteiger partial charge in [0.15, 0.2) is 0 Å². The zero-order chi connectivity index (χ0) is 22.0. The van der Waals surface area contributed by atoms with Gasteiger partial charge in [0.25, 0.3) is 0 Å². The van der Waals surface area contributed by atoms with Gasteiger partial charge in [-0.25, -0.2) is 14.8 Å². The first-order valence-corrected chi connectivity index (χ1v) is 11.5. The van der Waals surface area contributed by atoms with Gasteiger partial charge in [-0.3, -0.25) is 4.18 Å². The highest BCUT2D eigenvalue weighted by atomic mass is 32.2. The first-order chi connectivity index (χ1) is 14.8. The van der Waals surface area contributed by atoms with Crippen molar-refractivity contribution in [2.24, 2.45) is 5.92 Å². The topological polar surface area (TPSA) is 151 Å². The number of rotatable bonds is 7. The third-order valence-corrected chi connectivity index (χ3v) is 6.66. The van der Waals surface area contributed by atoms with E-state index in [0.717, 1.165) is 12.8 Å². The summed E-state index contributed by atoms with van der Waals surface area (Å²) < 4.78 is 27.1. The van der Waals surface area contributed by atoms with Crippen molar-refractivity contribution in [2.45, 2.75) is 43.9 Å². The molecule has 0 amide bonds. The number of anilines is 2. The molecule has 10 nitrogen and oxygen atoms in total. The lowest BCUT2D eigenvalue weighted by atomic mass is 10.1. The molecular formula is C20H24N4O6S. The number of aliphatic hydroxyl groups excluding tert-OH is 1. The van der Waals surface area contributed by atoms with E-state index in [1.165, 1.54) is 17.5 Å². The molecule has 1 aromatic heterocycles. The number of aryl methyl sites for hydroxylation is 1. The highest BCUT2D eigenvalue weighted by Gasteiger charge is 2.35. The normalized spacial score (nSPS) is 25.2. The van der Waals surface area contributed by atoms with Gasteiger partial charge >= 0.3 is 15.4 Å². The molecule has 0 spiro atoms. The summed E-state index contributed by atoms with van der Waals surface area (Å²) in [5, 5.41) is 23.4. The van der Waals surface area contributed by atoms with Crippen LogP contribution in [0.25, 0.3) is 0 Å². The van der Waals surface area contributed by atoms with Crippen molar-refractivity contribution < 1.29 is 27.6 Å². The van der Waals surface area contributed by atoms with E-state index in [-0.39, 0.29) is 18.7 Å². The van der Waals surface area contributed by atoms with Crippen molar-refractivity contribution in [3.63, 3.8) is 0 Å². The molecule has 0 aliphatic heterocycles. The van der Waals surface area contributed by atoms with Crippen LogP contribution in [0.1, 0.15) is 36.4 Å². The number of aliphatic hydroxyl groups is 1. The van der Waals surface area contributed by atoms with E-state index < -0.39 is 27.4 Å². The molecule has 0 saturated heterocycles. The quantitative estimate of drug-likeness (QED) is 0.464. The Morgan fingerprint density at radius 3 is 2.68 bits per heavy atom. The fourth-order valence-electron chi connectivity index (χ4n) is 4.24. The largest absolute Gasteiger partial charge is 0.468 e. The van der Waals surface area contributed by atoms with Crippen LogP contribution in [-0.4, -0.2) is 52.7 Å².